The highest BCUT2D eigenvalue weighted by molar-refractivity contribution is 5.76. The molecule has 2 aromatic rings. The molecule has 5 nitrogen and oxygen atoms in total. The van der Waals surface area contributed by atoms with Gasteiger partial charge in [-0.15, -0.1) is 0 Å². The molecule has 1 aromatic heterocycles. The Labute approximate surface area is 129 Å². The van der Waals surface area contributed by atoms with Crippen molar-refractivity contribution in [2.45, 2.75) is 26.4 Å². The van der Waals surface area contributed by atoms with E-state index in [0.717, 1.165) is 11.3 Å². The van der Waals surface area contributed by atoms with Crippen LogP contribution in [0.2, 0.25) is 0 Å². The van der Waals surface area contributed by atoms with E-state index in [1.807, 2.05) is 32.0 Å². The van der Waals surface area contributed by atoms with Crippen LogP contribution in [0.5, 0.6) is 5.75 Å². The van der Waals surface area contributed by atoms with E-state index in [2.05, 4.69) is 5.32 Å². The van der Waals surface area contributed by atoms with Crippen molar-refractivity contribution < 1.29 is 19.1 Å². The lowest BCUT2D eigenvalue weighted by atomic mass is 10.1. The number of hydrogen-bond donors (Lipinski definition) is 2. The second-order valence-electron chi connectivity index (χ2n) is 5.18. The summed E-state index contributed by atoms with van der Waals surface area (Å²) in [5.74, 6) is 1.02. The van der Waals surface area contributed by atoms with Crippen LogP contribution in [0, 0.1) is 13.8 Å². The first-order valence-corrected chi connectivity index (χ1v) is 7.24. The molecule has 118 valence electrons. The topological polar surface area (TPSA) is 71.7 Å². The van der Waals surface area contributed by atoms with Crippen molar-refractivity contribution in [2.75, 3.05) is 13.2 Å². The minimum atomic E-state index is -0.834. The summed E-state index contributed by atoms with van der Waals surface area (Å²) in [5.41, 5.74) is 2.36. The number of nitrogens with one attached hydrogen (secondary N) is 1. The highest BCUT2D eigenvalue weighted by Crippen LogP contribution is 2.16. The number of aliphatic hydroxyl groups excluding tert-OH is 1. The molecule has 1 aromatic carbocycles. The third-order valence-electron chi connectivity index (χ3n) is 3.44. The number of amides is 1. The van der Waals surface area contributed by atoms with E-state index in [0.29, 0.717) is 12.4 Å². The highest BCUT2D eigenvalue weighted by Gasteiger charge is 2.11. The highest BCUT2D eigenvalue weighted by atomic mass is 16.5. The molecule has 0 aliphatic carbocycles. The van der Waals surface area contributed by atoms with Gasteiger partial charge in [-0.05, 0) is 49.2 Å². The monoisotopic (exact) mass is 303 g/mol. The summed E-state index contributed by atoms with van der Waals surface area (Å²) in [4.78, 5) is 11.7. The van der Waals surface area contributed by atoms with Gasteiger partial charge in [-0.3, -0.25) is 4.79 Å². The molecule has 0 aliphatic rings. The number of carbonyl (C=O) groups is 1. The summed E-state index contributed by atoms with van der Waals surface area (Å²) in [7, 11) is 0. The molecule has 0 radical (unpaired) electrons. The zero-order valence-electron chi connectivity index (χ0n) is 12.8. The first kappa shape index (κ1) is 16.1. The Bertz CT molecular complexity index is 607. The van der Waals surface area contributed by atoms with Gasteiger partial charge in [0.25, 0.3) is 0 Å². The molecule has 2 N–H and O–H groups in total. The van der Waals surface area contributed by atoms with Crippen molar-refractivity contribution in [2.24, 2.45) is 0 Å². The maximum absolute atomic E-state index is 11.7. The molecule has 2 rings (SSSR count). The van der Waals surface area contributed by atoms with Crippen LogP contribution in [0.4, 0.5) is 0 Å². The predicted octanol–water partition coefficient (Wildman–Crippen LogP) is 2.52. The maximum atomic E-state index is 11.7. The summed E-state index contributed by atoms with van der Waals surface area (Å²) < 4.78 is 10.6. The Morgan fingerprint density at radius 1 is 1.32 bits per heavy atom. The molecule has 1 atom stereocenters. The molecule has 1 unspecified atom stereocenters. The third-order valence-corrected chi connectivity index (χ3v) is 3.44. The molecule has 0 saturated heterocycles. The van der Waals surface area contributed by atoms with Crippen LogP contribution >= 0.6 is 0 Å². The number of aliphatic hydroxyl groups is 1. The van der Waals surface area contributed by atoms with Crippen LogP contribution in [-0.2, 0) is 4.79 Å². The van der Waals surface area contributed by atoms with Crippen molar-refractivity contribution in [3.05, 3.63) is 53.5 Å². The van der Waals surface area contributed by atoms with E-state index in [4.69, 9.17) is 9.15 Å². The normalized spacial score (nSPS) is 12.0. The number of aryl methyl sites for hydroxylation is 2. The van der Waals surface area contributed by atoms with Gasteiger partial charge in [0.1, 0.15) is 17.6 Å². The van der Waals surface area contributed by atoms with Crippen molar-refractivity contribution in [3.63, 3.8) is 0 Å². The quantitative estimate of drug-likeness (QED) is 0.824. The summed E-state index contributed by atoms with van der Waals surface area (Å²) in [6.45, 7) is 4.48. The lowest BCUT2D eigenvalue weighted by Crippen LogP contribution is -2.29. The first-order valence-electron chi connectivity index (χ1n) is 7.24. The van der Waals surface area contributed by atoms with Crippen molar-refractivity contribution in [1.29, 1.82) is 0 Å². The van der Waals surface area contributed by atoms with Crippen LogP contribution in [0.25, 0.3) is 0 Å². The lowest BCUT2D eigenvalue weighted by Gasteiger charge is -2.11. The van der Waals surface area contributed by atoms with E-state index >= 15 is 0 Å². The Hall–Kier alpha value is -2.27. The Kier molecular flexibility index (Phi) is 5.61. The molecule has 1 heterocycles. The maximum Gasteiger partial charge on any atom is 0.223 e. The summed E-state index contributed by atoms with van der Waals surface area (Å²) in [6.07, 6.45) is 0.884. The molecular weight excluding hydrogens is 282 g/mol. The predicted molar refractivity (Wildman–Crippen MR) is 82.7 cm³/mol. The SMILES string of the molecule is Cc1ccc(OCCC(=O)NCC(O)c2ccco2)cc1C. The van der Waals surface area contributed by atoms with Gasteiger partial charge in [0.15, 0.2) is 0 Å². The average molecular weight is 303 g/mol. The smallest absolute Gasteiger partial charge is 0.223 e. The molecule has 0 bridgehead atoms. The van der Waals surface area contributed by atoms with Crippen LogP contribution in [0.1, 0.15) is 29.4 Å². The fourth-order valence-electron chi connectivity index (χ4n) is 1.95. The van der Waals surface area contributed by atoms with E-state index in [-0.39, 0.29) is 18.9 Å². The van der Waals surface area contributed by atoms with Gasteiger partial charge in [0.05, 0.1) is 25.8 Å². The van der Waals surface area contributed by atoms with E-state index < -0.39 is 6.10 Å². The number of hydrogen-bond acceptors (Lipinski definition) is 4. The average Bonchev–Trinajstić information content (AvgIpc) is 3.03. The number of ether oxygens (including phenoxy) is 1. The molecule has 1 amide bonds. The molecule has 0 saturated carbocycles. The molecule has 22 heavy (non-hydrogen) atoms. The molecule has 0 fully saturated rings. The van der Waals surface area contributed by atoms with Crippen LogP contribution < -0.4 is 10.1 Å². The molecular formula is C17H21NO4. The van der Waals surface area contributed by atoms with Gasteiger partial charge in [0, 0.05) is 0 Å². The minimum absolute atomic E-state index is 0.121. The minimum Gasteiger partial charge on any atom is -0.493 e. The van der Waals surface area contributed by atoms with Gasteiger partial charge in [-0.25, -0.2) is 0 Å². The third kappa shape index (κ3) is 4.63. The fourth-order valence-corrected chi connectivity index (χ4v) is 1.95. The Morgan fingerprint density at radius 2 is 2.14 bits per heavy atom. The first-order chi connectivity index (χ1) is 10.6. The standard InChI is InChI=1S/C17H21NO4/c1-12-5-6-14(10-13(12)2)21-9-7-17(20)18-11-15(19)16-4-3-8-22-16/h3-6,8,10,15,19H,7,9,11H2,1-2H3,(H,18,20). The second-order valence-corrected chi connectivity index (χ2v) is 5.18. The van der Waals surface area contributed by atoms with Gasteiger partial charge >= 0.3 is 0 Å². The Balaban J connectivity index is 1.68. The lowest BCUT2D eigenvalue weighted by molar-refractivity contribution is -0.122. The summed E-state index contributed by atoms with van der Waals surface area (Å²) >= 11 is 0. The number of carbonyl (C=O) groups excluding carboxylic acids is 1. The largest absolute Gasteiger partial charge is 0.493 e. The molecule has 0 spiro atoms. The molecule has 5 heteroatoms. The zero-order chi connectivity index (χ0) is 15.9. The van der Waals surface area contributed by atoms with Gasteiger partial charge in [-0.2, -0.15) is 0 Å². The van der Waals surface area contributed by atoms with E-state index in [1.54, 1.807) is 12.1 Å². The van der Waals surface area contributed by atoms with Crippen LogP contribution in [0.3, 0.4) is 0 Å². The van der Waals surface area contributed by atoms with Crippen molar-refractivity contribution in [3.8, 4) is 5.75 Å². The van der Waals surface area contributed by atoms with Crippen LogP contribution in [0.15, 0.2) is 41.0 Å². The Morgan fingerprint density at radius 3 is 2.82 bits per heavy atom. The van der Waals surface area contributed by atoms with Crippen molar-refractivity contribution >= 4 is 5.91 Å². The van der Waals surface area contributed by atoms with Gasteiger partial charge < -0.3 is 19.6 Å². The number of benzene rings is 1. The van der Waals surface area contributed by atoms with E-state index in [1.165, 1.54) is 11.8 Å². The summed E-state index contributed by atoms with van der Waals surface area (Å²) in [6, 6.07) is 9.19. The van der Waals surface area contributed by atoms with Gasteiger partial charge in [-0.1, -0.05) is 6.07 Å². The second kappa shape index (κ2) is 7.66. The van der Waals surface area contributed by atoms with Crippen molar-refractivity contribution in [1.82, 2.24) is 5.32 Å². The van der Waals surface area contributed by atoms with Crippen LogP contribution in [-0.4, -0.2) is 24.2 Å². The summed E-state index contributed by atoms with van der Waals surface area (Å²) in [5, 5.41) is 12.4. The number of rotatable bonds is 7. The fraction of sp³-hybridized carbons (Fsp3) is 0.353. The molecule has 0 aliphatic heterocycles. The number of furan rings is 1. The van der Waals surface area contributed by atoms with E-state index in [9.17, 15) is 9.90 Å². The van der Waals surface area contributed by atoms with Gasteiger partial charge in [0.2, 0.25) is 5.91 Å². The zero-order valence-corrected chi connectivity index (χ0v) is 12.8.